The van der Waals surface area contributed by atoms with E-state index < -0.39 is 88.5 Å². The summed E-state index contributed by atoms with van der Waals surface area (Å²) >= 11 is 3.20. The van der Waals surface area contributed by atoms with Gasteiger partial charge in [-0.15, -0.1) is 22.7 Å². The molecule has 16 rings (SSSR count). The van der Waals surface area contributed by atoms with E-state index in [2.05, 4.69) is 64.8 Å². The molecule has 4 saturated heterocycles. The van der Waals surface area contributed by atoms with Crippen LogP contribution in [-0.4, -0.2) is 202 Å². The highest BCUT2D eigenvalue weighted by molar-refractivity contribution is 7.13. The number of β-amino-alcohol motifs (C(OH)–C–C–N with tert-alkyl or cyclic N) is 4. The average Bonchev–Trinajstić information content (AvgIpc) is 1.66. The summed E-state index contributed by atoms with van der Waals surface area (Å²) in [5, 5.41) is 57.2. The Labute approximate surface area is 819 Å². The van der Waals surface area contributed by atoms with Gasteiger partial charge in [-0.1, -0.05) is 201 Å². The van der Waals surface area contributed by atoms with Crippen molar-refractivity contribution in [2.45, 2.75) is 280 Å². The third-order valence-corrected chi connectivity index (χ3v) is 28.1. The van der Waals surface area contributed by atoms with Gasteiger partial charge in [0, 0.05) is 119 Å². The third-order valence-electron chi connectivity index (χ3n) is 26.3. The van der Waals surface area contributed by atoms with E-state index in [9.17, 15) is 58.8 Å². The molecule has 8 aromatic heterocycles. The number of carbonyl (C=O) groups excluding carboxylic acids is 8. The number of aliphatic hydroxyl groups is 4. The fourth-order valence-electron chi connectivity index (χ4n) is 19.1. The van der Waals surface area contributed by atoms with Gasteiger partial charge in [-0.25, -0.2) is 15.0 Å². The molecule has 0 saturated carbocycles. The van der Waals surface area contributed by atoms with E-state index in [0.29, 0.717) is 77.9 Å². The Balaban J connectivity index is 0.000000156. The van der Waals surface area contributed by atoms with Gasteiger partial charge in [0.25, 0.3) is 0 Å². The van der Waals surface area contributed by atoms with Crippen LogP contribution in [0, 0.1) is 70.6 Å². The smallest absolute Gasteiger partial charge is 0.234 e. The molecule has 0 spiro atoms. The first-order chi connectivity index (χ1) is 65.9. The van der Waals surface area contributed by atoms with E-state index in [1.54, 1.807) is 69.2 Å². The summed E-state index contributed by atoms with van der Waals surface area (Å²) in [6.07, 6.45) is 5.69. The number of Topliss-reactive ketones (excluding diaryl/α,β-unsaturated/α-hetero) is 4. The van der Waals surface area contributed by atoms with Crippen molar-refractivity contribution in [2.75, 3.05) is 26.2 Å². The van der Waals surface area contributed by atoms with Crippen molar-refractivity contribution in [3.63, 3.8) is 0 Å². The Morgan fingerprint density at radius 1 is 0.396 bits per heavy atom. The lowest BCUT2D eigenvalue weighted by Crippen LogP contribution is -2.46. The highest BCUT2D eigenvalue weighted by Crippen LogP contribution is 2.45. The summed E-state index contributed by atoms with van der Waals surface area (Å²) in [6, 6.07) is 36.6. The predicted octanol–water partition coefficient (Wildman–Crippen LogP) is 17.8. The van der Waals surface area contributed by atoms with Gasteiger partial charge in [0.2, 0.25) is 23.6 Å². The molecular formula is C107H130N12O18S2. The van der Waals surface area contributed by atoms with E-state index in [4.69, 9.17) is 26.9 Å². The zero-order valence-electron chi connectivity index (χ0n) is 82.8. The van der Waals surface area contributed by atoms with Gasteiger partial charge in [-0.3, -0.25) is 43.3 Å². The molecule has 139 heavy (non-hydrogen) atoms. The van der Waals surface area contributed by atoms with Crippen LogP contribution in [0.2, 0.25) is 0 Å². The molecule has 738 valence electrons. The number of aryl methyl sites for hydroxylation is 10. The maximum Gasteiger partial charge on any atom is 0.234 e. The standard InChI is InChI=1S/C28H35N3O4S.C27H33N3O5.C26H31N3O5.C26H31N3O4S/c1-16(19-7-9-20(10-8-19)26-18(3)29-15-36-26)11-23(33)22-13-21(32)14-31(22)27(34)25(28(4,5)6)24-12-17(2)30-35-24;1-16-12-23(35-29-16)24(27(3,4)5)26(33)30-14-20(31)13-21(30)22(32)11-8-18-6-9-19(10-7-18)25-17(2)28-15-34-25;1-15(2)24(23-11-16(3)28-34-23)26(32)29-13-20(30)12-21(29)22(31)10-7-18-5-8-19(9-6-18)25-17(4)27-14-33-25;1-16-11-22(33-28-16)24(26(2,3)4)25(32)29-14-19(30)12-20(29)21(31)10-7-17-5-8-18(9-6-17)23-13-27-15-34-23/h7-10,12,15-16,21-22,25,32H,11,13-14H2,1-6H3;6-7,9-10,12,15,20-21,24,31H,8,11,13-14H2,1-5H3;5-6,8-9,11,14-15,20-21,24,30H,7,10,12-13H2,1-4H3;5-6,8-9,11,13,15,19-20,24,30H,7,10,12,14H2,1-4H3/t16-,21-,22+,25-;2*20-,21+,24-;19-,20+,24-/m1111/s1. The largest absolute Gasteiger partial charge is 0.443 e. The highest BCUT2D eigenvalue weighted by Gasteiger charge is 2.50. The molecule has 30 nitrogen and oxygen atoms in total. The molecular weight excluding hydrogens is 1810 g/mol. The SMILES string of the molecule is Cc1cc([C@H](C(=O)N2C[C@H](O)C[C@H]2C(=O)CCc2ccc(-c3cncs3)cc2)C(C)(C)C)on1.Cc1cc([C@H](C(=O)N2C[C@H](O)C[C@H]2C(=O)CCc2ccc(-c3ocnc3C)cc2)C(C)(C)C)on1.Cc1cc([C@H](C(=O)N2C[C@H](O)C[C@H]2C(=O)CCc2ccc(-c3ocnc3C)cc2)C(C)C)on1.Cc1cc([C@H](C(=O)N2C[C@H](O)C[C@H]2C(=O)C[C@@H](C)c2ccc(-c3scnc3C)cc2)C(C)(C)C)on1. The Kier molecular flexibility index (Phi) is 33.7. The van der Waals surface area contributed by atoms with Gasteiger partial charge in [0.1, 0.15) is 46.7 Å². The van der Waals surface area contributed by atoms with Gasteiger partial charge < -0.3 is 67.0 Å². The molecule has 0 unspecified atom stereocenters. The van der Waals surface area contributed by atoms with Gasteiger partial charge in [0.15, 0.2) is 47.4 Å². The van der Waals surface area contributed by atoms with Crippen molar-refractivity contribution < 1.29 is 85.7 Å². The van der Waals surface area contributed by atoms with E-state index in [0.717, 1.165) is 82.9 Å². The summed E-state index contributed by atoms with van der Waals surface area (Å²) < 4.78 is 32.6. The number of thiazole rings is 2. The molecule has 12 aromatic rings. The molecule has 4 amide bonds. The van der Waals surface area contributed by atoms with E-state index in [1.165, 1.54) is 22.6 Å². The molecule has 4 fully saturated rings. The molecule has 0 bridgehead atoms. The number of benzene rings is 4. The molecule has 13 atom stereocenters. The number of aliphatic hydroxyl groups excluding tert-OH is 4. The second-order valence-electron chi connectivity index (χ2n) is 41.0. The van der Waals surface area contributed by atoms with Crippen LogP contribution in [0.3, 0.4) is 0 Å². The van der Waals surface area contributed by atoms with E-state index in [1.807, 2.05) is 209 Å². The third kappa shape index (κ3) is 25.7. The monoisotopic (exact) mass is 1930 g/mol. The first-order valence-corrected chi connectivity index (χ1v) is 49.4. The van der Waals surface area contributed by atoms with Gasteiger partial charge >= 0.3 is 0 Å². The zero-order chi connectivity index (χ0) is 100. The number of likely N-dealkylation sites (tertiary alicyclic amines) is 4. The second-order valence-corrected chi connectivity index (χ2v) is 42.8. The second kappa shape index (κ2) is 44.9. The molecule has 4 aliphatic heterocycles. The fraction of sp³-hybridized carbons (Fsp3) is 0.477. The number of ketones is 4. The van der Waals surface area contributed by atoms with Gasteiger partial charge in [-0.05, 0) is 129 Å². The summed E-state index contributed by atoms with van der Waals surface area (Å²) in [6.45, 7) is 37.2. The molecule has 12 heterocycles. The van der Waals surface area contributed by atoms with Gasteiger partial charge in [0.05, 0.1) is 109 Å². The van der Waals surface area contributed by atoms with Crippen molar-refractivity contribution in [2.24, 2.45) is 22.2 Å². The van der Waals surface area contributed by atoms with E-state index >= 15 is 0 Å². The topological polar surface area (TPSA) is 412 Å². The van der Waals surface area contributed by atoms with Crippen molar-refractivity contribution >= 4 is 69.4 Å². The van der Waals surface area contributed by atoms with Gasteiger partial charge in [-0.2, -0.15) is 0 Å². The summed E-state index contributed by atoms with van der Waals surface area (Å²) in [4.78, 5) is 133. The molecule has 0 radical (unpaired) electrons. The van der Waals surface area contributed by atoms with Crippen molar-refractivity contribution in [3.8, 4) is 43.5 Å². The molecule has 0 aliphatic carbocycles. The predicted molar refractivity (Wildman–Crippen MR) is 525 cm³/mol. The minimum Gasteiger partial charge on any atom is -0.443 e. The molecule has 4 aliphatic rings. The molecule has 4 N–H and O–H groups in total. The van der Waals surface area contributed by atoms with Crippen molar-refractivity contribution in [3.05, 3.63) is 236 Å². The fourth-order valence-corrected chi connectivity index (χ4v) is 20.5. The minimum atomic E-state index is -0.727. The lowest BCUT2D eigenvalue weighted by molar-refractivity contribution is -0.141. The number of carbonyl (C=O) groups is 8. The Bertz CT molecular complexity index is 6180. The number of aromatic nitrogens is 8. The van der Waals surface area contributed by atoms with Crippen LogP contribution < -0.4 is 0 Å². The molecule has 4 aromatic carbocycles. The van der Waals surface area contributed by atoms with Crippen LogP contribution in [0.25, 0.3) is 43.5 Å². The normalized spacial score (nSPS) is 19.4. The average molecular weight is 1940 g/mol. The Morgan fingerprint density at radius 3 is 1.02 bits per heavy atom. The highest BCUT2D eigenvalue weighted by atomic mass is 32.1. The lowest BCUT2D eigenvalue weighted by Gasteiger charge is -2.33. The quantitative estimate of drug-likeness (QED) is 0.0338. The number of amides is 4. The summed E-state index contributed by atoms with van der Waals surface area (Å²) in [7, 11) is 0. The van der Waals surface area contributed by atoms with Crippen LogP contribution in [0.15, 0.2) is 178 Å². The van der Waals surface area contributed by atoms with Crippen molar-refractivity contribution in [1.82, 2.24) is 60.2 Å². The lowest BCUT2D eigenvalue weighted by atomic mass is 9.78. The Hall–Kier alpha value is -12.2. The van der Waals surface area contributed by atoms with Crippen LogP contribution in [-0.2, 0) is 57.6 Å². The maximum absolute atomic E-state index is 13.8. The number of hydrogen-bond donors (Lipinski definition) is 4. The summed E-state index contributed by atoms with van der Waals surface area (Å²) in [5.41, 5.74) is 16.0. The molecule has 32 heteroatoms. The van der Waals surface area contributed by atoms with Crippen LogP contribution in [0.4, 0.5) is 0 Å². The van der Waals surface area contributed by atoms with Crippen LogP contribution >= 0.6 is 22.7 Å². The number of oxazole rings is 2. The minimum absolute atomic E-state index is 0.0147. The first kappa shape index (κ1) is 104. The number of hydrogen-bond acceptors (Lipinski definition) is 28. The van der Waals surface area contributed by atoms with Crippen molar-refractivity contribution in [1.29, 1.82) is 0 Å². The Morgan fingerprint density at radius 2 is 0.727 bits per heavy atom. The maximum atomic E-state index is 13.8. The van der Waals surface area contributed by atoms with Crippen LogP contribution in [0.1, 0.15) is 249 Å². The summed E-state index contributed by atoms with van der Waals surface area (Å²) in [5.74, 6) is 0.0541. The number of rotatable bonds is 29. The van der Waals surface area contributed by atoms with Crippen LogP contribution in [0.5, 0.6) is 0 Å². The van der Waals surface area contributed by atoms with E-state index in [-0.39, 0.29) is 123 Å². The zero-order valence-corrected chi connectivity index (χ0v) is 84.4. The number of nitrogens with zero attached hydrogens (tertiary/aromatic N) is 12. The first-order valence-electron chi connectivity index (χ1n) is 47.6.